The Morgan fingerprint density at radius 3 is 2.40 bits per heavy atom. The number of hydrogen-bond donors (Lipinski definition) is 2. The third kappa shape index (κ3) is 4.34. The summed E-state index contributed by atoms with van der Waals surface area (Å²) in [6, 6.07) is 2.50. The van der Waals surface area contributed by atoms with E-state index >= 15 is 0 Å². The van der Waals surface area contributed by atoms with E-state index in [1.165, 1.54) is 19.4 Å². The first-order chi connectivity index (χ1) is 9.35. The molecule has 2 N–H and O–H groups in total. The standard InChI is InChI=1S/C11H18N2O.C2H2O4/c1-4-9-6-10(13(3)7-9)11-5-8(2)12-14-11;3-1(4)2(5)6/h5,9-10H,4,6-7H2,1-3H3;(H,3,4)(H,5,6)/t9-,10-;/m1./s1. The van der Waals surface area contributed by atoms with Crippen LogP contribution in [0.15, 0.2) is 10.6 Å². The number of aromatic nitrogens is 1. The van der Waals surface area contributed by atoms with Gasteiger partial charge in [-0.05, 0) is 26.3 Å². The maximum absolute atomic E-state index is 9.10. The van der Waals surface area contributed by atoms with Crippen LogP contribution in [0.1, 0.15) is 37.3 Å². The number of aryl methyl sites for hydroxylation is 1. The first-order valence-corrected chi connectivity index (χ1v) is 6.44. The summed E-state index contributed by atoms with van der Waals surface area (Å²) in [5.41, 5.74) is 0.980. The lowest BCUT2D eigenvalue weighted by Gasteiger charge is -2.15. The number of carboxylic acids is 2. The third-order valence-corrected chi connectivity index (χ3v) is 3.37. The van der Waals surface area contributed by atoms with E-state index in [9.17, 15) is 0 Å². The van der Waals surface area contributed by atoms with Crippen molar-refractivity contribution in [2.24, 2.45) is 5.92 Å². The Morgan fingerprint density at radius 1 is 1.45 bits per heavy atom. The van der Waals surface area contributed by atoms with E-state index in [1.54, 1.807) is 0 Å². The average molecular weight is 284 g/mol. The van der Waals surface area contributed by atoms with E-state index < -0.39 is 11.9 Å². The summed E-state index contributed by atoms with van der Waals surface area (Å²) in [6.07, 6.45) is 2.47. The van der Waals surface area contributed by atoms with Crippen LogP contribution in [0.3, 0.4) is 0 Å². The SMILES string of the molecule is CC[C@@H]1C[C@H](c2cc(C)no2)N(C)C1.O=C(O)C(=O)O. The molecule has 2 atom stereocenters. The molecule has 1 fully saturated rings. The summed E-state index contributed by atoms with van der Waals surface area (Å²) in [7, 11) is 2.16. The summed E-state index contributed by atoms with van der Waals surface area (Å²) < 4.78 is 5.32. The number of aliphatic carboxylic acids is 2. The van der Waals surface area contributed by atoms with Crippen molar-refractivity contribution in [3.8, 4) is 0 Å². The average Bonchev–Trinajstić information content (AvgIpc) is 2.95. The molecule has 7 heteroatoms. The Balaban J connectivity index is 0.000000286. The summed E-state index contributed by atoms with van der Waals surface area (Å²) in [4.78, 5) is 20.6. The third-order valence-electron chi connectivity index (χ3n) is 3.37. The van der Waals surface area contributed by atoms with Crippen molar-refractivity contribution in [2.45, 2.75) is 32.7 Å². The van der Waals surface area contributed by atoms with E-state index in [4.69, 9.17) is 24.3 Å². The van der Waals surface area contributed by atoms with Crippen LogP contribution in [0.25, 0.3) is 0 Å². The summed E-state index contributed by atoms with van der Waals surface area (Å²) >= 11 is 0. The number of nitrogens with zero attached hydrogens (tertiary/aromatic N) is 2. The lowest BCUT2D eigenvalue weighted by atomic mass is 10.0. The highest BCUT2D eigenvalue weighted by Gasteiger charge is 2.31. The van der Waals surface area contributed by atoms with E-state index in [0.717, 1.165) is 17.4 Å². The van der Waals surface area contributed by atoms with Gasteiger partial charge in [-0.15, -0.1) is 0 Å². The highest BCUT2D eigenvalue weighted by molar-refractivity contribution is 6.27. The number of carboxylic acid groups (broad SMARTS) is 2. The van der Waals surface area contributed by atoms with Crippen LogP contribution >= 0.6 is 0 Å². The maximum Gasteiger partial charge on any atom is 0.414 e. The molecular weight excluding hydrogens is 264 g/mol. The number of carbonyl (C=O) groups is 2. The van der Waals surface area contributed by atoms with Gasteiger partial charge in [0.25, 0.3) is 0 Å². The quantitative estimate of drug-likeness (QED) is 0.794. The van der Waals surface area contributed by atoms with Crippen molar-refractivity contribution in [3.05, 3.63) is 17.5 Å². The van der Waals surface area contributed by atoms with Gasteiger partial charge < -0.3 is 14.7 Å². The number of rotatable bonds is 2. The number of hydrogen-bond acceptors (Lipinski definition) is 5. The lowest BCUT2D eigenvalue weighted by molar-refractivity contribution is -0.159. The second-order valence-electron chi connectivity index (χ2n) is 4.95. The minimum absolute atomic E-state index is 0.446. The maximum atomic E-state index is 9.10. The van der Waals surface area contributed by atoms with Crippen molar-refractivity contribution in [1.82, 2.24) is 10.1 Å². The molecule has 0 saturated carbocycles. The number of likely N-dealkylation sites (tertiary alicyclic amines) is 1. The van der Waals surface area contributed by atoms with Gasteiger partial charge in [0.1, 0.15) is 0 Å². The molecule has 0 radical (unpaired) electrons. The smallest absolute Gasteiger partial charge is 0.414 e. The fourth-order valence-corrected chi connectivity index (χ4v) is 2.27. The van der Waals surface area contributed by atoms with Crippen LogP contribution < -0.4 is 0 Å². The van der Waals surface area contributed by atoms with Crippen LogP contribution in [0.5, 0.6) is 0 Å². The monoisotopic (exact) mass is 284 g/mol. The van der Waals surface area contributed by atoms with Gasteiger partial charge in [-0.1, -0.05) is 18.5 Å². The normalized spacial score (nSPS) is 22.1. The molecule has 2 heterocycles. The molecule has 20 heavy (non-hydrogen) atoms. The van der Waals surface area contributed by atoms with Gasteiger partial charge in [0.15, 0.2) is 5.76 Å². The topological polar surface area (TPSA) is 104 Å². The van der Waals surface area contributed by atoms with E-state index in [0.29, 0.717) is 6.04 Å². The second-order valence-corrected chi connectivity index (χ2v) is 4.95. The van der Waals surface area contributed by atoms with E-state index in [2.05, 4.69) is 30.1 Å². The van der Waals surface area contributed by atoms with Gasteiger partial charge in [-0.2, -0.15) is 0 Å². The fraction of sp³-hybridized carbons (Fsp3) is 0.615. The van der Waals surface area contributed by atoms with Gasteiger partial charge in [-0.25, -0.2) is 9.59 Å². The molecule has 112 valence electrons. The van der Waals surface area contributed by atoms with Crippen molar-refractivity contribution < 1.29 is 24.3 Å². The molecule has 0 unspecified atom stereocenters. The van der Waals surface area contributed by atoms with Gasteiger partial charge >= 0.3 is 11.9 Å². The van der Waals surface area contributed by atoms with Crippen molar-refractivity contribution in [2.75, 3.05) is 13.6 Å². The highest BCUT2D eigenvalue weighted by Crippen LogP contribution is 2.35. The summed E-state index contributed by atoms with van der Waals surface area (Å²) in [5.74, 6) is -1.80. The fourth-order valence-electron chi connectivity index (χ4n) is 2.27. The Morgan fingerprint density at radius 2 is 2.05 bits per heavy atom. The highest BCUT2D eigenvalue weighted by atomic mass is 16.5. The van der Waals surface area contributed by atoms with E-state index in [1.807, 2.05) is 6.92 Å². The Labute approximate surface area is 117 Å². The first kappa shape index (κ1) is 16.2. The lowest BCUT2D eigenvalue weighted by Crippen LogP contribution is -2.17. The van der Waals surface area contributed by atoms with Gasteiger partial charge in [0, 0.05) is 12.6 Å². The molecule has 1 aliphatic rings. The van der Waals surface area contributed by atoms with Crippen molar-refractivity contribution in [1.29, 1.82) is 0 Å². The van der Waals surface area contributed by atoms with Crippen LogP contribution in [0.2, 0.25) is 0 Å². The minimum Gasteiger partial charge on any atom is -0.473 e. The Kier molecular flexibility index (Phi) is 5.69. The second kappa shape index (κ2) is 7.04. The van der Waals surface area contributed by atoms with Crippen molar-refractivity contribution >= 4 is 11.9 Å². The molecule has 1 aliphatic heterocycles. The van der Waals surface area contributed by atoms with Crippen molar-refractivity contribution in [3.63, 3.8) is 0 Å². The molecule has 1 saturated heterocycles. The molecule has 0 aliphatic carbocycles. The summed E-state index contributed by atoms with van der Waals surface area (Å²) in [6.45, 7) is 5.41. The summed E-state index contributed by atoms with van der Waals surface area (Å²) in [5, 5.41) is 18.7. The van der Waals surface area contributed by atoms with Crippen LogP contribution in [-0.2, 0) is 9.59 Å². The zero-order valence-electron chi connectivity index (χ0n) is 11.9. The molecule has 0 bridgehead atoms. The molecule has 7 nitrogen and oxygen atoms in total. The van der Waals surface area contributed by atoms with Crippen LogP contribution in [0.4, 0.5) is 0 Å². The molecule has 0 spiro atoms. The Hall–Kier alpha value is -1.89. The molecular formula is C13H20N2O5. The zero-order valence-corrected chi connectivity index (χ0v) is 11.9. The Bertz CT molecular complexity index is 459. The van der Waals surface area contributed by atoms with Crippen LogP contribution in [-0.4, -0.2) is 45.8 Å². The van der Waals surface area contributed by atoms with Gasteiger partial charge in [-0.3, -0.25) is 4.90 Å². The predicted octanol–water partition coefficient (Wildman–Crippen LogP) is 1.54. The molecule has 0 amide bonds. The predicted molar refractivity (Wildman–Crippen MR) is 70.3 cm³/mol. The molecule has 2 rings (SSSR count). The minimum atomic E-state index is -1.82. The first-order valence-electron chi connectivity index (χ1n) is 6.44. The zero-order chi connectivity index (χ0) is 15.3. The van der Waals surface area contributed by atoms with E-state index in [-0.39, 0.29) is 0 Å². The molecule has 0 aromatic carbocycles. The molecule has 1 aromatic rings. The van der Waals surface area contributed by atoms with Gasteiger partial charge in [0.2, 0.25) is 0 Å². The largest absolute Gasteiger partial charge is 0.473 e. The van der Waals surface area contributed by atoms with Crippen LogP contribution in [0, 0.1) is 12.8 Å². The van der Waals surface area contributed by atoms with Gasteiger partial charge in [0.05, 0.1) is 11.7 Å². The molecule has 1 aromatic heterocycles.